The number of likely N-dealkylation sites (N-methyl/N-ethyl adjacent to an activating group) is 1. The number of anilines is 2. The lowest BCUT2D eigenvalue weighted by Gasteiger charge is -2.34. The monoisotopic (exact) mass is 570 g/mol. The minimum absolute atomic E-state index is 0.00437. The number of hydrogen-bond acceptors (Lipinski definition) is 7. The van der Waals surface area contributed by atoms with Gasteiger partial charge in [-0.2, -0.15) is 18.3 Å². The predicted octanol–water partition coefficient (Wildman–Crippen LogP) is 2.94. The van der Waals surface area contributed by atoms with Crippen molar-refractivity contribution >= 4 is 40.6 Å². The van der Waals surface area contributed by atoms with E-state index < -0.39 is 35.4 Å². The van der Waals surface area contributed by atoms with E-state index in [0.717, 1.165) is 23.2 Å². The van der Waals surface area contributed by atoms with Crippen molar-refractivity contribution in [2.24, 2.45) is 5.10 Å². The number of alkyl halides is 3. The number of pyridine rings is 1. The Morgan fingerprint density at radius 2 is 1.85 bits per heavy atom. The van der Waals surface area contributed by atoms with E-state index in [-0.39, 0.29) is 41.0 Å². The molecule has 1 N–H and O–H groups in total. The van der Waals surface area contributed by atoms with Gasteiger partial charge in [0.1, 0.15) is 23.4 Å². The molecule has 0 radical (unpaired) electrons. The summed E-state index contributed by atoms with van der Waals surface area (Å²) >= 11 is 5.88. The Bertz CT molecular complexity index is 1280. The molecule has 1 aromatic heterocycles. The van der Waals surface area contributed by atoms with Gasteiger partial charge in [0.25, 0.3) is 11.8 Å². The summed E-state index contributed by atoms with van der Waals surface area (Å²) in [6.45, 7) is 3.67. The number of nitrogens with zero attached hydrogens (tertiary/aromatic N) is 6. The van der Waals surface area contributed by atoms with Gasteiger partial charge in [0.05, 0.1) is 17.2 Å². The third-order valence-corrected chi connectivity index (χ3v) is 6.93. The quantitative estimate of drug-likeness (QED) is 0.537. The minimum atomic E-state index is -4.67. The summed E-state index contributed by atoms with van der Waals surface area (Å²) < 4.78 is 54.4. The number of hydrogen-bond donors (Lipinski definition) is 1. The zero-order valence-electron chi connectivity index (χ0n) is 21.3. The zero-order chi connectivity index (χ0) is 28.5. The zero-order valence-corrected chi connectivity index (χ0v) is 22.0. The second-order valence-electron chi connectivity index (χ2n) is 9.32. The van der Waals surface area contributed by atoms with Crippen LogP contribution in [0.1, 0.15) is 17.7 Å². The van der Waals surface area contributed by atoms with Crippen molar-refractivity contribution in [1.29, 1.82) is 0 Å². The Labute approximate surface area is 227 Å². The van der Waals surface area contributed by atoms with Crippen LogP contribution in [-0.2, 0) is 15.8 Å². The third-order valence-electron chi connectivity index (χ3n) is 6.64. The van der Waals surface area contributed by atoms with Gasteiger partial charge in [-0.15, -0.1) is 0 Å². The Balaban J connectivity index is 1.66. The molecule has 1 aromatic carbocycles. The van der Waals surface area contributed by atoms with Gasteiger partial charge in [-0.3, -0.25) is 14.5 Å². The normalized spacial score (nSPS) is 18.4. The SMILES string of the molecule is Cc1cc(C(F)(F)F)cc(N2N=C(C(=O)N3CCN(CCO)CC3)CC2C(=O)N(C)c2ccc(F)c(Cl)c2)n1. The van der Waals surface area contributed by atoms with Crippen molar-refractivity contribution in [2.75, 3.05) is 56.3 Å². The van der Waals surface area contributed by atoms with E-state index in [1.807, 2.05) is 4.90 Å². The number of halogens is 5. The standard InChI is InChI=1S/C25H27ClF4N6O3/c1-15-11-16(25(28,29)30)12-22(31-15)36-21(24(39)33(2)17-3-4-19(27)18(26)13-17)14-20(32-36)23(38)35-7-5-34(6-8-35)9-10-37/h3-4,11-13,21,37H,5-10,14H2,1-2H3. The molecule has 1 unspecified atom stereocenters. The van der Waals surface area contributed by atoms with Crippen LogP contribution in [0.25, 0.3) is 0 Å². The van der Waals surface area contributed by atoms with Crippen molar-refractivity contribution in [1.82, 2.24) is 14.8 Å². The van der Waals surface area contributed by atoms with Gasteiger partial charge in [-0.1, -0.05) is 11.6 Å². The van der Waals surface area contributed by atoms with Crippen molar-refractivity contribution in [3.8, 4) is 0 Å². The number of aromatic nitrogens is 1. The van der Waals surface area contributed by atoms with Crippen LogP contribution in [0.4, 0.5) is 29.1 Å². The second kappa shape index (κ2) is 11.4. The summed E-state index contributed by atoms with van der Waals surface area (Å²) in [6, 6.07) is 4.15. The van der Waals surface area contributed by atoms with Crippen LogP contribution in [0.3, 0.4) is 0 Å². The lowest BCUT2D eigenvalue weighted by molar-refractivity contribution is -0.137. The van der Waals surface area contributed by atoms with Crippen LogP contribution < -0.4 is 9.91 Å². The smallest absolute Gasteiger partial charge is 0.395 e. The van der Waals surface area contributed by atoms with Gasteiger partial charge in [-0.25, -0.2) is 14.4 Å². The molecular formula is C25H27ClF4N6O3. The van der Waals surface area contributed by atoms with Crippen LogP contribution in [0.2, 0.25) is 5.02 Å². The molecule has 0 aliphatic carbocycles. The first kappa shape index (κ1) is 28.7. The summed E-state index contributed by atoms with van der Waals surface area (Å²) in [5.41, 5.74) is -0.657. The number of amides is 2. The summed E-state index contributed by atoms with van der Waals surface area (Å²) in [6.07, 6.45) is -4.84. The van der Waals surface area contributed by atoms with Crippen LogP contribution >= 0.6 is 11.6 Å². The molecule has 210 valence electrons. The number of β-amino-alcohol motifs (C(OH)–C–C–N with tert-alkyl or cyclic N) is 1. The van der Waals surface area contributed by atoms with E-state index in [2.05, 4.69) is 10.1 Å². The largest absolute Gasteiger partial charge is 0.416 e. The highest BCUT2D eigenvalue weighted by Crippen LogP contribution is 2.34. The second-order valence-corrected chi connectivity index (χ2v) is 9.72. The maximum Gasteiger partial charge on any atom is 0.416 e. The molecule has 1 atom stereocenters. The van der Waals surface area contributed by atoms with Crippen molar-refractivity contribution in [3.63, 3.8) is 0 Å². The van der Waals surface area contributed by atoms with E-state index in [4.69, 9.17) is 16.7 Å². The van der Waals surface area contributed by atoms with Crippen LogP contribution in [0.15, 0.2) is 35.4 Å². The van der Waals surface area contributed by atoms with Gasteiger partial charge < -0.3 is 14.9 Å². The number of hydrazone groups is 1. The summed E-state index contributed by atoms with van der Waals surface area (Å²) in [5, 5.41) is 14.3. The average Bonchev–Trinajstić information content (AvgIpc) is 3.34. The first-order valence-corrected chi connectivity index (χ1v) is 12.5. The van der Waals surface area contributed by atoms with Crippen molar-refractivity contribution in [3.05, 3.63) is 52.4 Å². The molecule has 2 aliphatic heterocycles. The predicted molar refractivity (Wildman–Crippen MR) is 137 cm³/mol. The number of aliphatic hydroxyl groups excluding tert-OH is 1. The highest BCUT2D eigenvalue weighted by molar-refractivity contribution is 6.40. The number of piperazine rings is 1. The van der Waals surface area contributed by atoms with E-state index in [0.29, 0.717) is 32.7 Å². The fraction of sp³-hybridized carbons (Fsp3) is 0.440. The molecule has 4 rings (SSSR count). The topological polar surface area (TPSA) is 92.6 Å². The molecule has 2 amide bonds. The highest BCUT2D eigenvalue weighted by atomic mass is 35.5. The van der Waals surface area contributed by atoms with Gasteiger partial charge in [0.2, 0.25) is 0 Å². The van der Waals surface area contributed by atoms with Crippen LogP contribution in [0, 0.1) is 12.7 Å². The number of rotatable bonds is 6. The van der Waals surface area contributed by atoms with Crippen molar-refractivity contribution < 1.29 is 32.3 Å². The summed E-state index contributed by atoms with van der Waals surface area (Å²) in [7, 11) is 1.41. The molecule has 0 saturated carbocycles. The van der Waals surface area contributed by atoms with Gasteiger partial charge >= 0.3 is 6.18 Å². The number of aliphatic hydroxyl groups is 1. The molecule has 14 heteroatoms. The van der Waals surface area contributed by atoms with Gasteiger partial charge in [0, 0.05) is 57.6 Å². The molecule has 2 aromatic rings. The molecule has 39 heavy (non-hydrogen) atoms. The lowest BCUT2D eigenvalue weighted by atomic mass is 10.1. The third kappa shape index (κ3) is 6.31. The number of benzene rings is 1. The summed E-state index contributed by atoms with van der Waals surface area (Å²) in [4.78, 5) is 35.9. The van der Waals surface area contributed by atoms with E-state index >= 15 is 0 Å². The average molecular weight is 571 g/mol. The fourth-order valence-corrected chi connectivity index (χ4v) is 4.69. The molecule has 0 spiro atoms. The molecule has 1 fully saturated rings. The first-order chi connectivity index (χ1) is 18.4. The molecule has 1 saturated heterocycles. The van der Waals surface area contributed by atoms with Crippen LogP contribution in [-0.4, -0.2) is 89.8 Å². The molecule has 3 heterocycles. The maximum atomic E-state index is 13.7. The Hall–Kier alpha value is -3.29. The van der Waals surface area contributed by atoms with Crippen LogP contribution in [0.5, 0.6) is 0 Å². The highest BCUT2D eigenvalue weighted by Gasteiger charge is 2.41. The van der Waals surface area contributed by atoms with E-state index in [9.17, 15) is 27.2 Å². The molecule has 9 nitrogen and oxygen atoms in total. The number of carbonyl (C=O) groups is 2. The summed E-state index contributed by atoms with van der Waals surface area (Å²) in [5.74, 6) is -1.95. The molecule has 2 aliphatic rings. The van der Waals surface area contributed by atoms with Crippen molar-refractivity contribution in [2.45, 2.75) is 25.6 Å². The Morgan fingerprint density at radius 3 is 2.46 bits per heavy atom. The van der Waals surface area contributed by atoms with Gasteiger partial charge in [-0.05, 0) is 37.3 Å². The minimum Gasteiger partial charge on any atom is -0.395 e. The number of aryl methyl sites for hydroxylation is 1. The first-order valence-electron chi connectivity index (χ1n) is 12.2. The number of carbonyl (C=O) groups excluding carboxylic acids is 2. The fourth-order valence-electron chi connectivity index (χ4n) is 4.52. The molecule has 0 bridgehead atoms. The van der Waals surface area contributed by atoms with E-state index in [1.165, 1.54) is 31.0 Å². The van der Waals surface area contributed by atoms with E-state index in [1.54, 1.807) is 4.90 Å². The molecular weight excluding hydrogens is 544 g/mol. The lowest BCUT2D eigenvalue weighted by Crippen LogP contribution is -2.51. The Morgan fingerprint density at radius 1 is 1.15 bits per heavy atom. The maximum absolute atomic E-state index is 13.7. The Kier molecular flexibility index (Phi) is 8.42. The van der Waals surface area contributed by atoms with Gasteiger partial charge in [0.15, 0.2) is 0 Å².